The van der Waals surface area contributed by atoms with Crippen molar-refractivity contribution in [1.82, 2.24) is 10.3 Å². The van der Waals surface area contributed by atoms with Gasteiger partial charge in [0.15, 0.2) is 0 Å². The Kier molecular flexibility index (Phi) is 3.94. The molecule has 0 aliphatic heterocycles. The number of nitrogen functional groups attached to an aromatic ring is 1. The zero-order valence-corrected chi connectivity index (χ0v) is 10.4. The van der Waals surface area contributed by atoms with Crippen LogP contribution in [0.1, 0.15) is 10.5 Å². The summed E-state index contributed by atoms with van der Waals surface area (Å²) in [5, 5.41) is 2.51. The van der Waals surface area contributed by atoms with Gasteiger partial charge in [-0.2, -0.15) is 0 Å². The molecule has 2 aromatic rings. The van der Waals surface area contributed by atoms with Crippen LogP contribution in [0.25, 0.3) is 0 Å². The third-order valence-electron chi connectivity index (χ3n) is 2.43. The fraction of sp³-hybridized carbons (Fsp3) is 0.0769. The molecule has 1 heterocycles. The Labute approximate surface area is 110 Å². The van der Waals surface area contributed by atoms with E-state index in [1.54, 1.807) is 31.3 Å². The van der Waals surface area contributed by atoms with Gasteiger partial charge in [0.2, 0.25) is 0 Å². The minimum atomic E-state index is -0.261. The Balaban J connectivity index is 2.20. The number of hydrazine groups is 1. The second-order valence-corrected chi connectivity index (χ2v) is 3.73. The SMILES string of the molecule is CNC(=O)c1cc(Oc2cccc(NN)c2)ccn1. The first-order valence-electron chi connectivity index (χ1n) is 5.65. The molecule has 0 radical (unpaired) electrons. The molecular formula is C13H14N4O2. The number of benzene rings is 1. The average molecular weight is 258 g/mol. The number of amides is 1. The van der Waals surface area contributed by atoms with Crippen molar-refractivity contribution in [2.45, 2.75) is 0 Å². The average Bonchev–Trinajstić information content (AvgIpc) is 2.47. The number of carbonyl (C=O) groups excluding carboxylic acids is 1. The minimum absolute atomic E-state index is 0.261. The van der Waals surface area contributed by atoms with E-state index in [2.05, 4.69) is 15.7 Å². The molecule has 0 unspecified atom stereocenters. The molecule has 0 spiro atoms. The maximum absolute atomic E-state index is 11.5. The first kappa shape index (κ1) is 12.8. The highest BCUT2D eigenvalue weighted by molar-refractivity contribution is 5.92. The molecule has 19 heavy (non-hydrogen) atoms. The van der Waals surface area contributed by atoms with Gasteiger partial charge in [-0.25, -0.2) is 0 Å². The summed E-state index contributed by atoms with van der Waals surface area (Å²) < 4.78 is 5.64. The number of nitrogens with one attached hydrogen (secondary N) is 2. The van der Waals surface area contributed by atoms with Crippen molar-refractivity contribution in [3.63, 3.8) is 0 Å². The van der Waals surface area contributed by atoms with E-state index < -0.39 is 0 Å². The summed E-state index contributed by atoms with van der Waals surface area (Å²) in [4.78, 5) is 15.4. The van der Waals surface area contributed by atoms with E-state index in [9.17, 15) is 4.79 Å². The number of rotatable bonds is 4. The molecule has 1 aromatic heterocycles. The van der Waals surface area contributed by atoms with Crippen molar-refractivity contribution in [2.75, 3.05) is 12.5 Å². The van der Waals surface area contributed by atoms with Crippen molar-refractivity contribution in [2.24, 2.45) is 5.84 Å². The van der Waals surface area contributed by atoms with Crippen LogP contribution in [0.3, 0.4) is 0 Å². The Morgan fingerprint density at radius 1 is 1.26 bits per heavy atom. The van der Waals surface area contributed by atoms with Crippen molar-refractivity contribution < 1.29 is 9.53 Å². The highest BCUT2D eigenvalue weighted by Crippen LogP contribution is 2.23. The van der Waals surface area contributed by atoms with Crippen LogP contribution in [0.5, 0.6) is 11.5 Å². The van der Waals surface area contributed by atoms with E-state index in [1.807, 2.05) is 12.1 Å². The van der Waals surface area contributed by atoms with Gasteiger partial charge in [0.1, 0.15) is 17.2 Å². The Morgan fingerprint density at radius 3 is 2.79 bits per heavy atom. The lowest BCUT2D eigenvalue weighted by Crippen LogP contribution is -2.18. The van der Waals surface area contributed by atoms with Crippen LogP contribution in [-0.4, -0.2) is 17.9 Å². The molecule has 0 aliphatic rings. The zero-order chi connectivity index (χ0) is 13.7. The number of nitrogens with zero attached hydrogens (tertiary/aromatic N) is 1. The van der Waals surface area contributed by atoms with E-state index in [0.717, 1.165) is 5.69 Å². The zero-order valence-electron chi connectivity index (χ0n) is 10.4. The molecule has 1 aromatic carbocycles. The Bertz CT molecular complexity index is 586. The molecule has 1 amide bonds. The van der Waals surface area contributed by atoms with Crippen LogP contribution < -0.4 is 21.3 Å². The number of anilines is 1. The van der Waals surface area contributed by atoms with Crippen molar-refractivity contribution in [1.29, 1.82) is 0 Å². The normalized spacial score (nSPS) is 9.79. The molecule has 2 rings (SSSR count). The third-order valence-corrected chi connectivity index (χ3v) is 2.43. The van der Waals surface area contributed by atoms with Crippen LogP contribution in [0.4, 0.5) is 5.69 Å². The van der Waals surface area contributed by atoms with Gasteiger partial charge in [0.05, 0.1) is 5.69 Å². The monoisotopic (exact) mass is 258 g/mol. The highest BCUT2D eigenvalue weighted by Gasteiger charge is 2.06. The van der Waals surface area contributed by atoms with Gasteiger partial charge in [0, 0.05) is 25.4 Å². The molecule has 4 N–H and O–H groups in total. The number of aromatic nitrogens is 1. The number of carbonyl (C=O) groups is 1. The minimum Gasteiger partial charge on any atom is -0.457 e. The van der Waals surface area contributed by atoms with E-state index in [1.165, 1.54) is 6.20 Å². The quantitative estimate of drug-likeness (QED) is 0.571. The number of ether oxygens (including phenoxy) is 1. The molecule has 0 fully saturated rings. The smallest absolute Gasteiger partial charge is 0.269 e. The number of nitrogens with two attached hydrogens (primary N) is 1. The Morgan fingerprint density at radius 2 is 2.05 bits per heavy atom. The molecule has 0 aliphatic carbocycles. The fourth-order valence-corrected chi connectivity index (χ4v) is 1.51. The van der Waals surface area contributed by atoms with Crippen LogP contribution in [0.2, 0.25) is 0 Å². The van der Waals surface area contributed by atoms with Gasteiger partial charge in [-0.15, -0.1) is 0 Å². The molecule has 0 bridgehead atoms. The van der Waals surface area contributed by atoms with Gasteiger partial charge >= 0.3 is 0 Å². The molecule has 98 valence electrons. The largest absolute Gasteiger partial charge is 0.457 e. The first-order valence-corrected chi connectivity index (χ1v) is 5.65. The summed E-state index contributed by atoms with van der Waals surface area (Å²) >= 11 is 0. The summed E-state index contributed by atoms with van der Waals surface area (Å²) in [6.07, 6.45) is 1.52. The number of hydrogen-bond acceptors (Lipinski definition) is 5. The standard InChI is InChI=1S/C13H14N4O2/c1-15-13(18)12-8-11(5-6-16-12)19-10-4-2-3-9(7-10)17-14/h2-8,17H,14H2,1H3,(H,15,18). The van der Waals surface area contributed by atoms with Crippen LogP contribution in [0, 0.1) is 0 Å². The van der Waals surface area contributed by atoms with E-state index in [0.29, 0.717) is 17.2 Å². The predicted molar refractivity (Wildman–Crippen MR) is 72.0 cm³/mol. The molecule has 6 nitrogen and oxygen atoms in total. The van der Waals surface area contributed by atoms with Gasteiger partial charge in [0.25, 0.3) is 5.91 Å². The first-order chi connectivity index (χ1) is 9.22. The maximum atomic E-state index is 11.5. The summed E-state index contributed by atoms with van der Waals surface area (Å²) in [6, 6.07) is 10.4. The summed E-state index contributed by atoms with van der Waals surface area (Å²) in [5.41, 5.74) is 3.57. The summed E-state index contributed by atoms with van der Waals surface area (Å²) in [5.74, 6) is 6.21. The fourth-order valence-electron chi connectivity index (χ4n) is 1.51. The van der Waals surface area contributed by atoms with Crippen molar-refractivity contribution >= 4 is 11.6 Å². The molecule has 0 atom stereocenters. The highest BCUT2D eigenvalue weighted by atomic mass is 16.5. The van der Waals surface area contributed by atoms with Gasteiger partial charge in [-0.05, 0) is 18.2 Å². The second-order valence-electron chi connectivity index (χ2n) is 3.73. The van der Waals surface area contributed by atoms with Crippen LogP contribution in [0.15, 0.2) is 42.6 Å². The van der Waals surface area contributed by atoms with Gasteiger partial charge in [-0.3, -0.25) is 15.6 Å². The summed E-state index contributed by atoms with van der Waals surface area (Å²) in [6.45, 7) is 0. The van der Waals surface area contributed by atoms with Crippen molar-refractivity contribution in [3.05, 3.63) is 48.3 Å². The topological polar surface area (TPSA) is 89.3 Å². The third kappa shape index (κ3) is 3.20. The van der Waals surface area contributed by atoms with E-state index in [4.69, 9.17) is 10.6 Å². The lowest BCUT2D eigenvalue weighted by Gasteiger charge is -2.08. The molecule has 0 saturated heterocycles. The van der Waals surface area contributed by atoms with Crippen LogP contribution in [-0.2, 0) is 0 Å². The number of hydrogen-bond donors (Lipinski definition) is 3. The van der Waals surface area contributed by atoms with Gasteiger partial charge < -0.3 is 15.5 Å². The Hall–Kier alpha value is -2.60. The molecule has 6 heteroatoms. The predicted octanol–water partition coefficient (Wildman–Crippen LogP) is 1.52. The summed E-state index contributed by atoms with van der Waals surface area (Å²) in [7, 11) is 1.55. The second kappa shape index (κ2) is 5.83. The van der Waals surface area contributed by atoms with Crippen molar-refractivity contribution in [3.8, 4) is 11.5 Å². The maximum Gasteiger partial charge on any atom is 0.269 e. The molecule has 0 saturated carbocycles. The number of pyridine rings is 1. The lowest BCUT2D eigenvalue weighted by atomic mass is 10.3. The van der Waals surface area contributed by atoms with E-state index >= 15 is 0 Å². The molecular weight excluding hydrogens is 244 g/mol. The van der Waals surface area contributed by atoms with E-state index in [-0.39, 0.29) is 5.91 Å². The van der Waals surface area contributed by atoms with Gasteiger partial charge in [-0.1, -0.05) is 6.07 Å². The lowest BCUT2D eigenvalue weighted by molar-refractivity contribution is 0.0958. The van der Waals surface area contributed by atoms with Crippen LogP contribution >= 0.6 is 0 Å².